The predicted octanol–water partition coefficient (Wildman–Crippen LogP) is 3.77. The van der Waals surface area contributed by atoms with Gasteiger partial charge in [-0.2, -0.15) is 0 Å². The van der Waals surface area contributed by atoms with Gasteiger partial charge in [-0.25, -0.2) is 13.4 Å². The molecular weight excluding hydrogens is 386 g/mol. The largest absolute Gasteiger partial charge is 0.497 e. The van der Waals surface area contributed by atoms with E-state index in [4.69, 9.17) is 15.5 Å². The van der Waals surface area contributed by atoms with Gasteiger partial charge in [-0.1, -0.05) is 12.1 Å². The van der Waals surface area contributed by atoms with E-state index in [2.05, 4.69) is 4.90 Å². The van der Waals surface area contributed by atoms with Gasteiger partial charge in [0, 0.05) is 24.3 Å². The van der Waals surface area contributed by atoms with Gasteiger partial charge in [-0.15, -0.1) is 0 Å². The van der Waals surface area contributed by atoms with Crippen molar-refractivity contribution in [3.05, 3.63) is 60.7 Å². The molecule has 0 spiro atoms. The van der Waals surface area contributed by atoms with Gasteiger partial charge in [-0.3, -0.25) is 0 Å². The number of sulfone groups is 1. The third kappa shape index (κ3) is 3.91. The maximum atomic E-state index is 13.3. The molecule has 29 heavy (non-hydrogen) atoms. The maximum absolute atomic E-state index is 13.3. The zero-order valence-electron chi connectivity index (χ0n) is 16.2. The Hall–Kier alpha value is -3.06. The van der Waals surface area contributed by atoms with Crippen LogP contribution in [0.5, 0.6) is 5.75 Å². The summed E-state index contributed by atoms with van der Waals surface area (Å²) in [6, 6.07) is 17.0. The number of nitrogens with zero attached hydrogens (tertiary/aromatic N) is 2. The zero-order chi connectivity index (χ0) is 20.4. The van der Waals surface area contributed by atoms with E-state index < -0.39 is 9.84 Å². The lowest BCUT2D eigenvalue weighted by atomic mass is 10.1. The Bertz CT molecular complexity index is 1120. The van der Waals surface area contributed by atoms with Crippen LogP contribution in [-0.2, 0) is 9.84 Å². The second kappa shape index (κ2) is 7.75. The van der Waals surface area contributed by atoms with Crippen molar-refractivity contribution in [3.63, 3.8) is 0 Å². The smallest absolute Gasteiger partial charge is 0.206 e. The quantitative estimate of drug-likeness (QED) is 0.646. The van der Waals surface area contributed by atoms with E-state index in [1.54, 1.807) is 31.4 Å². The average Bonchev–Trinajstić information content (AvgIpc) is 3.29. The number of ether oxygens (including phenoxy) is 1. The van der Waals surface area contributed by atoms with Gasteiger partial charge in [0.2, 0.25) is 9.84 Å². The summed E-state index contributed by atoms with van der Waals surface area (Å²) in [5.41, 5.74) is 7.65. The number of nitrogen functional groups attached to an aromatic ring is 1. The highest BCUT2D eigenvalue weighted by Gasteiger charge is 2.23. The van der Waals surface area contributed by atoms with Crippen molar-refractivity contribution < 1.29 is 13.2 Å². The molecule has 7 heteroatoms. The second-order valence-corrected chi connectivity index (χ2v) is 8.99. The van der Waals surface area contributed by atoms with Crippen LogP contribution in [0.25, 0.3) is 11.3 Å². The minimum atomic E-state index is -3.71. The van der Waals surface area contributed by atoms with Gasteiger partial charge in [0.25, 0.3) is 0 Å². The Kier molecular flexibility index (Phi) is 5.15. The van der Waals surface area contributed by atoms with Crippen molar-refractivity contribution in [2.24, 2.45) is 0 Å². The van der Waals surface area contributed by atoms with E-state index in [-0.39, 0.29) is 9.79 Å². The average molecular weight is 410 g/mol. The molecule has 2 heterocycles. The van der Waals surface area contributed by atoms with Crippen LogP contribution < -0.4 is 15.4 Å². The summed E-state index contributed by atoms with van der Waals surface area (Å²) in [7, 11) is -2.11. The molecule has 1 aliphatic rings. The van der Waals surface area contributed by atoms with Crippen LogP contribution in [0.15, 0.2) is 70.5 Å². The van der Waals surface area contributed by atoms with E-state index in [0.717, 1.165) is 31.5 Å². The summed E-state index contributed by atoms with van der Waals surface area (Å²) in [4.78, 5) is 7.33. The van der Waals surface area contributed by atoms with E-state index >= 15 is 0 Å². The van der Waals surface area contributed by atoms with Crippen molar-refractivity contribution in [3.8, 4) is 17.0 Å². The second-order valence-electron chi connectivity index (χ2n) is 7.04. The minimum Gasteiger partial charge on any atom is -0.497 e. The molecule has 1 saturated heterocycles. The summed E-state index contributed by atoms with van der Waals surface area (Å²) in [5.74, 6) is 1.37. The Morgan fingerprint density at radius 3 is 2.38 bits per heavy atom. The molecule has 0 radical (unpaired) electrons. The van der Waals surface area contributed by atoms with Gasteiger partial charge in [0.1, 0.15) is 11.6 Å². The molecule has 4 rings (SSSR count). The molecule has 6 nitrogen and oxygen atoms in total. The van der Waals surface area contributed by atoms with Crippen molar-refractivity contribution in [2.75, 3.05) is 30.8 Å². The summed E-state index contributed by atoms with van der Waals surface area (Å²) in [6.45, 7) is 1.74. The lowest BCUT2D eigenvalue weighted by molar-refractivity contribution is 0.415. The maximum Gasteiger partial charge on any atom is 0.206 e. The highest BCUT2D eigenvalue weighted by molar-refractivity contribution is 7.91. The molecule has 0 saturated carbocycles. The van der Waals surface area contributed by atoms with Gasteiger partial charge < -0.3 is 15.4 Å². The molecule has 2 N–H and O–H groups in total. The number of pyridine rings is 1. The number of rotatable bonds is 5. The Labute approximate surface area is 170 Å². The third-order valence-corrected chi connectivity index (χ3v) is 6.83. The molecule has 1 aromatic heterocycles. The van der Waals surface area contributed by atoms with Crippen LogP contribution in [0.1, 0.15) is 12.8 Å². The van der Waals surface area contributed by atoms with Crippen LogP contribution >= 0.6 is 0 Å². The van der Waals surface area contributed by atoms with E-state index in [1.807, 2.05) is 24.3 Å². The van der Waals surface area contributed by atoms with Gasteiger partial charge in [0.15, 0.2) is 0 Å². The standard InChI is InChI=1S/C22H23N3O3S/c1-28-18-6-4-5-16(13-18)21-14-20(15-22(24-21)25-11-2-3-12-25)29(26,27)19-9-7-17(23)8-10-19/h4-10,13-15H,2-3,11-12,23H2,1H3. The number of benzene rings is 2. The fourth-order valence-electron chi connectivity index (χ4n) is 3.47. The summed E-state index contributed by atoms with van der Waals surface area (Å²) >= 11 is 0. The van der Waals surface area contributed by atoms with Crippen LogP contribution in [0.3, 0.4) is 0 Å². The molecule has 1 aliphatic heterocycles. The number of anilines is 2. The monoisotopic (exact) mass is 409 g/mol. The van der Waals surface area contributed by atoms with Gasteiger partial charge in [0.05, 0.1) is 22.6 Å². The Balaban J connectivity index is 1.86. The first-order chi connectivity index (χ1) is 14.0. The number of hydrogen-bond acceptors (Lipinski definition) is 6. The number of nitrogens with two attached hydrogens (primary N) is 1. The highest BCUT2D eigenvalue weighted by Crippen LogP contribution is 2.31. The third-order valence-electron chi connectivity index (χ3n) is 5.08. The molecule has 0 aliphatic carbocycles. The van der Waals surface area contributed by atoms with E-state index in [0.29, 0.717) is 22.9 Å². The first-order valence-electron chi connectivity index (χ1n) is 9.49. The fraction of sp³-hybridized carbons (Fsp3) is 0.227. The summed E-state index contributed by atoms with van der Waals surface area (Å²) < 4.78 is 31.9. The molecule has 0 atom stereocenters. The number of aromatic nitrogens is 1. The number of methoxy groups -OCH3 is 1. The topological polar surface area (TPSA) is 85.5 Å². The van der Waals surface area contributed by atoms with Crippen LogP contribution in [-0.4, -0.2) is 33.6 Å². The zero-order valence-corrected chi connectivity index (χ0v) is 17.0. The predicted molar refractivity (Wildman–Crippen MR) is 114 cm³/mol. The molecule has 0 unspecified atom stereocenters. The SMILES string of the molecule is COc1cccc(-c2cc(S(=O)(=O)c3ccc(N)cc3)cc(N3CCCC3)n2)c1. The minimum absolute atomic E-state index is 0.210. The Morgan fingerprint density at radius 2 is 1.69 bits per heavy atom. The lowest BCUT2D eigenvalue weighted by Crippen LogP contribution is -2.19. The highest BCUT2D eigenvalue weighted by atomic mass is 32.2. The molecule has 0 bridgehead atoms. The molecule has 1 fully saturated rings. The molecular formula is C22H23N3O3S. The van der Waals surface area contributed by atoms with Crippen LogP contribution in [0, 0.1) is 0 Å². The summed E-state index contributed by atoms with van der Waals surface area (Å²) in [6.07, 6.45) is 2.15. The molecule has 3 aromatic rings. The van der Waals surface area contributed by atoms with Crippen molar-refractivity contribution >= 4 is 21.3 Å². The molecule has 150 valence electrons. The van der Waals surface area contributed by atoms with Crippen molar-refractivity contribution in [2.45, 2.75) is 22.6 Å². The van der Waals surface area contributed by atoms with Crippen molar-refractivity contribution in [1.82, 2.24) is 4.98 Å². The first-order valence-corrected chi connectivity index (χ1v) is 11.0. The summed E-state index contributed by atoms with van der Waals surface area (Å²) in [5, 5.41) is 0. The first kappa shape index (κ1) is 19.3. The number of hydrogen-bond donors (Lipinski definition) is 1. The fourth-order valence-corrected chi connectivity index (χ4v) is 4.76. The lowest BCUT2D eigenvalue weighted by Gasteiger charge is -2.19. The van der Waals surface area contributed by atoms with Crippen LogP contribution in [0.4, 0.5) is 11.5 Å². The van der Waals surface area contributed by atoms with Gasteiger partial charge >= 0.3 is 0 Å². The molecule has 0 amide bonds. The Morgan fingerprint density at radius 1 is 0.966 bits per heavy atom. The van der Waals surface area contributed by atoms with Gasteiger partial charge in [-0.05, 0) is 61.4 Å². The molecule has 2 aromatic carbocycles. The van der Waals surface area contributed by atoms with E-state index in [1.165, 1.54) is 12.1 Å². The van der Waals surface area contributed by atoms with Crippen molar-refractivity contribution in [1.29, 1.82) is 0 Å². The normalized spacial score (nSPS) is 14.2. The van der Waals surface area contributed by atoms with E-state index in [9.17, 15) is 8.42 Å². The van der Waals surface area contributed by atoms with Crippen LogP contribution in [0.2, 0.25) is 0 Å².